The van der Waals surface area contributed by atoms with Gasteiger partial charge >= 0.3 is 0 Å². The van der Waals surface area contributed by atoms with Gasteiger partial charge in [-0.25, -0.2) is 0 Å². The van der Waals surface area contributed by atoms with Gasteiger partial charge < -0.3 is 9.42 Å². The molecule has 2 aromatic rings. The first-order chi connectivity index (χ1) is 10.8. The third-order valence-corrected chi connectivity index (χ3v) is 4.01. The summed E-state index contributed by atoms with van der Waals surface area (Å²) in [6, 6.07) is 9.95. The van der Waals surface area contributed by atoms with Gasteiger partial charge in [-0.3, -0.25) is 4.79 Å². The molecular weight excluding hydrogens is 276 g/mol. The highest BCUT2D eigenvalue weighted by Gasteiger charge is 2.27. The highest BCUT2D eigenvalue weighted by Crippen LogP contribution is 2.25. The Morgan fingerprint density at radius 1 is 1.27 bits per heavy atom. The average Bonchev–Trinajstić information content (AvgIpc) is 2.99. The number of hydrogen-bond donors (Lipinski definition) is 0. The minimum atomic E-state index is -0.0735. The Morgan fingerprint density at radius 2 is 2.05 bits per heavy atom. The van der Waals surface area contributed by atoms with E-state index < -0.39 is 0 Å². The fourth-order valence-electron chi connectivity index (χ4n) is 2.88. The lowest BCUT2D eigenvalue weighted by Gasteiger charge is -2.21. The van der Waals surface area contributed by atoms with Crippen LogP contribution in [0.4, 0.5) is 0 Å². The number of amides is 1. The standard InChI is InChI=1S/C18H20N2O2/c1-2-12-20(13-14-8-4-3-5-9-14)18(21)17-15-10-6-7-11-16(15)22-19-17/h2-5,8-9H,1,6-7,10-13H2. The summed E-state index contributed by atoms with van der Waals surface area (Å²) in [4.78, 5) is 14.6. The van der Waals surface area contributed by atoms with Crippen molar-refractivity contribution in [2.75, 3.05) is 6.54 Å². The third-order valence-electron chi connectivity index (χ3n) is 4.01. The van der Waals surface area contributed by atoms with Crippen molar-refractivity contribution in [2.24, 2.45) is 0 Å². The van der Waals surface area contributed by atoms with Gasteiger partial charge in [0.2, 0.25) is 0 Å². The predicted octanol–water partition coefficient (Wildman–Crippen LogP) is 3.38. The Morgan fingerprint density at radius 3 is 2.82 bits per heavy atom. The van der Waals surface area contributed by atoms with E-state index in [1.807, 2.05) is 30.3 Å². The molecule has 0 radical (unpaired) electrons. The molecule has 0 saturated heterocycles. The van der Waals surface area contributed by atoms with Crippen LogP contribution in [0.2, 0.25) is 0 Å². The lowest BCUT2D eigenvalue weighted by Crippen LogP contribution is -2.31. The number of nitrogens with zero attached hydrogens (tertiary/aromatic N) is 2. The highest BCUT2D eigenvalue weighted by molar-refractivity contribution is 5.94. The van der Waals surface area contributed by atoms with Crippen LogP contribution in [-0.2, 0) is 19.4 Å². The molecule has 1 heterocycles. The van der Waals surface area contributed by atoms with Crippen molar-refractivity contribution < 1.29 is 9.32 Å². The number of fused-ring (bicyclic) bond motifs is 1. The second-order valence-corrected chi connectivity index (χ2v) is 5.60. The summed E-state index contributed by atoms with van der Waals surface area (Å²) in [6.45, 7) is 4.80. The van der Waals surface area contributed by atoms with Crippen LogP contribution in [0, 0.1) is 0 Å². The van der Waals surface area contributed by atoms with Crippen LogP contribution in [0.5, 0.6) is 0 Å². The van der Waals surface area contributed by atoms with E-state index in [2.05, 4.69) is 11.7 Å². The first kappa shape index (κ1) is 14.6. The first-order valence-electron chi connectivity index (χ1n) is 7.71. The molecule has 0 aliphatic heterocycles. The molecule has 0 fully saturated rings. The molecule has 1 aliphatic carbocycles. The van der Waals surface area contributed by atoms with Crippen molar-refractivity contribution in [3.8, 4) is 0 Å². The number of aryl methyl sites for hydroxylation is 1. The lowest BCUT2D eigenvalue weighted by atomic mass is 9.96. The summed E-state index contributed by atoms with van der Waals surface area (Å²) in [7, 11) is 0. The zero-order valence-corrected chi connectivity index (χ0v) is 12.6. The summed E-state index contributed by atoms with van der Waals surface area (Å²) in [5, 5.41) is 4.04. The monoisotopic (exact) mass is 296 g/mol. The van der Waals surface area contributed by atoms with Crippen molar-refractivity contribution >= 4 is 5.91 Å². The van der Waals surface area contributed by atoms with Crippen molar-refractivity contribution in [1.82, 2.24) is 10.1 Å². The van der Waals surface area contributed by atoms with Crippen molar-refractivity contribution in [1.29, 1.82) is 0 Å². The molecule has 1 aliphatic rings. The fraction of sp³-hybridized carbons (Fsp3) is 0.333. The van der Waals surface area contributed by atoms with E-state index in [9.17, 15) is 4.79 Å². The molecule has 0 saturated carbocycles. The zero-order chi connectivity index (χ0) is 15.4. The molecule has 1 aromatic heterocycles. The molecule has 0 N–H and O–H groups in total. The molecule has 4 heteroatoms. The highest BCUT2D eigenvalue weighted by atomic mass is 16.5. The van der Waals surface area contributed by atoms with Crippen molar-refractivity contribution in [2.45, 2.75) is 32.2 Å². The number of benzene rings is 1. The van der Waals surface area contributed by atoms with Crippen LogP contribution < -0.4 is 0 Å². The Balaban J connectivity index is 1.83. The topological polar surface area (TPSA) is 46.3 Å². The minimum Gasteiger partial charge on any atom is -0.360 e. The summed E-state index contributed by atoms with van der Waals surface area (Å²) in [5.74, 6) is 0.809. The Labute approximate surface area is 130 Å². The van der Waals surface area contributed by atoms with Gasteiger partial charge in [-0.1, -0.05) is 41.6 Å². The second kappa shape index (κ2) is 6.60. The summed E-state index contributed by atoms with van der Waals surface area (Å²) >= 11 is 0. The largest absolute Gasteiger partial charge is 0.360 e. The SMILES string of the molecule is C=CCN(Cc1ccccc1)C(=O)c1noc2c1CCCC2. The van der Waals surface area contributed by atoms with Gasteiger partial charge in [0.25, 0.3) is 5.91 Å². The minimum absolute atomic E-state index is 0.0735. The molecule has 1 aromatic carbocycles. The molecule has 3 rings (SSSR count). The van der Waals surface area contributed by atoms with E-state index in [4.69, 9.17) is 4.52 Å². The third kappa shape index (κ3) is 2.96. The smallest absolute Gasteiger partial charge is 0.276 e. The second-order valence-electron chi connectivity index (χ2n) is 5.60. The molecule has 114 valence electrons. The predicted molar refractivity (Wildman–Crippen MR) is 84.5 cm³/mol. The van der Waals surface area contributed by atoms with Gasteiger partial charge in [0.1, 0.15) is 5.76 Å². The van der Waals surface area contributed by atoms with Gasteiger partial charge in [0.05, 0.1) is 0 Å². The van der Waals surface area contributed by atoms with E-state index in [0.717, 1.165) is 42.6 Å². The maximum atomic E-state index is 12.8. The van der Waals surface area contributed by atoms with Crippen LogP contribution in [0.1, 0.15) is 40.2 Å². The lowest BCUT2D eigenvalue weighted by molar-refractivity contribution is 0.0751. The van der Waals surface area contributed by atoms with Gasteiger partial charge in [-0.15, -0.1) is 6.58 Å². The van der Waals surface area contributed by atoms with Crippen LogP contribution in [0.3, 0.4) is 0 Å². The molecule has 22 heavy (non-hydrogen) atoms. The molecular formula is C18H20N2O2. The zero-order valence-electron chi connectivity index (χ0n) is 12.6. The normalized spacial score (nSPS) is 13.5. The van der Waals surface area contributed by atoms with Gasteiger partial charge in [-0.05, 0) is 24.8 Å². The molecule has 4 nitrogen and oxygen atoms in total. The van der Waals surface area contributed by atoms with E-state index in [1.54, 1.807) is 11.0 Å². The fourth-order valence-corrected chi connectivity index (χ4v) is 2.88. The Hall–Kier alpha value is -2.36. The molecule has 0 spiro atoms. The number of rotatable bonds is 5. The van der Waals surface area contributed by atoms with Gasteiger partial charge in [0, 0.05) is 25.1 Å². The van der Waals surface area contributed by atoms with Crippen LogP contribution >= 0.6 is 0 Å². The van der Waals surface area contributed by atoms with Crippen LogP contribution in [0.15, 0.2) is 47.5 Å². The van der Waals surface area contributed by atoms with E-state index in [1.165, 1.54) is 0 Å². The quantitative estimate of drug-likeness (QED) is 0.795. The van der Waals surface area contributed by atoms with Gasteiger partial charge in [-0.2, -0.15) is 0 Å². The van der Waals surface area contributed by atoms with Crippen LogP contribution in [-0.4, -0.2) is 22.5 Å². The molecule has 0 bridgehead atoms. The van der Waals surface area contributed by atoms with Crippen LogP contribution in [0.25, 0.3) is 0 Å². The number of hydrogen-bond acceptors (Lipinski definition) is 3. The number of aromatic nitrogens is 1. The number of carbonyl (C=O) groups excluding carboxylic acids is 1. The molecule has 1 amide bonds. The van der Waals surface area contributed by atoms with Gasteiger partial charge in [0.15, 0.2) is 5.69 Å². The average molecular weight is 296 g/mol. The first-order valence-corrected chi connectivity index (χ1v) is 7.71. The number of carbonyl (C=O) groups is 1. The van der Waals surface area contributed by atoms with Crippen molar-refractivity contribution in [3.05, 3.63) is 65.6 Å². The summed E-state index contributed by atoms with van der Waals surface area (Å²) in [5.41, 5.74) is 2.57. The molecule has 0 atom stereocenters. The van der Waals surface area contributed by atoms with E-state index in [0.29, 0.717) is 18.8 Å². The summed E-state index contributed by atoms with van der Waals surface area (Å²) < 4.78 is 5.36. The van der Waals surface area contributed by atoms with E-state index in [-0.39, 0.29) is 5.91 Å². The maximum absolute atomic E-state index is 12.8. The summed E-state index contributed by atoms with van der Waals surface area (Å²) in [6.07, 6.45) is 5.71. The Bertz CT molecular complexity index is 661. The van der Waals surface area contributed by atoms with E-state index >= 15 is 0 Å². The Kier molecular flexibility index (Phi) is 4.37. The molecule has 0 unspecified atom stereocenters. The van der Waals surface area contributed by atoms with Crippen molar-refractivity contribution in [3.63, 3.8) is 0 Å². The maximum Gasteiger partial charge on any atom is 0.276 e.